The number of rotatable bonds is 6. The molecule has 0 unspecified atom stereocenters. The maximum Gasteiger partial charge on any atom is 0.295 e. The van der Waals surface area contributed by atoms with Crippen molar-refractivity contribution in [2.24, 2.45) is 0 Å². The fourth-order valence-corrected chi connectivity index (χ4v) is 4.44. The zero-order chi connectivity index (χ0) is 22.1. The second kappa shape index (κ2) is 8.47. The highest BCUT2D eigenvalue weighted by molar-refractivity contribution is 5.73. The van der Waals surface area contributed by atoms with Gasteiger partial charge in [-0.15, -0.1) is 0 Å². The SMILES string of the molecule is CCOc1cccc2c1OC(C)(C)C(CN1CCC(Nc3nc4ccncc4o3)CC1)=C2. The lowest BCUT2D eigenvalue weighted by Crippen LogP contribution is -2.44. The normalized spacial score (nSPS) is 18.7. The molecular formula is C25H30N4O3. The van der Waals surface area contributed by atoms with Crippen molar-refractivity contribution in [3.63, 3.8) is 0 Å². The van der Waals surface area contributed by atoms with Crippen LogP contribution in [0, 0.1) is 0 Å². The molecule has 5 rings (SSSR count). The summed E-state index contributed by atoms with van der Waals surface area (Å²) < 4.78 is 18.0. The highest BCUT2D eigenvalue weighted by Crippen LogP contribution is 2.42. The molecule has 7 heteroatoms. The fraction of sp³-hybridized carbons (Fsp3) is 0.440. The molecule has 0 saturated carbocycles. The fourth-order valence-electron chi connectivity index (χ4n) is 4.44. The van der Waals surface area contributed by atoms with Gasteiger partial charge < -0.3 is 19.2 Å². The van der Waals surface area contributed by atoms with E-state index in [9.17, 15) is 0 Å². The third-order valence-corrected chi connectivity index (χ3v) is 6.27. The molecule has 3 aromatic rings. The molecule has 0 spiro atoms. The molecule has 168 valence electrons. The molecule has 0 aliphatic carbocycles. The Labute approximate surface area is 188 Å². The lowest BCUT2D eigenvalue weighted by Gasteiger charge is -2.39. The van der Waals surface area contributed by atoms with Crippen LogP contribution >= 0.6 is 0 Å². The molecule has 32 heavy (non-hydrogen) atoms. The first-order valence-corrected chi connectivity index (χ1v) is 11.4. The average Bonchev–Trinajstić information content (AvgIpc) is 3.18. The maximum atomic E-state index is 6.43. The van der Waals surface area contributed by atoms with Crippen molar-refractivity contribution in [2.45, 2.75) is 45.3 Å². The molecule has 4 heterocycles. The van der Waals surface area contributed by atoms with E-state index in [1.54, 1.807) is 12.4 Å². The molecule has 1 aromatic carbocycles. The van der Waals surface area contributed by atoms with Gasteiger partial charge >= 0.3 is 0 Å². The van der Waals surface area contributed by atoms with E-state index in [4.69, 9.17) is 13.9 Å². The number of benzene rings is 1. The minimum absolute atomic E-state index is 0.353. The van der Waals surface area contributed by atoms with Crippen molar-refractivity contribution in [2.75, 3.05) is 31.6 Å². The first-order chi connectivity index (χ1) is 15.5. The number of anilines is 1. The van der Waals surface area contributed by atoms with Crippen molar-refractivity contribution in [1.29, 1.82) is 0 Å². The van der Waals surface area contributed by atoms with E-state index in [2.05, 4.69) is 46.2 Å². The zero-order valence-corrected chi connectivity index (χ0v) is 18.9. The van der Waals surface area contributed by atoms with Crippen molar-refractivity contribution in [1.82, 2.24) is 14.9 Å². The molecular weight excluding hydrogens is 404 g/mol. The summed E-state index contributed by atoms with van der Waals surface area (Å²) in [5.74, 6) is 1.66. The molecule has 1 N–H and O–H groups in total. The molecule has 2 aliphatic rings. The van der Waals surface area contributed by atoms with Gasteiger partial charge in [-0.25, -0.2) is 0 Å². The molecule has 0 bridgehead atoms. The van der Waals surface area contributed by atoms with Crippen molar-refractivity contribution in [3.05, 3.63) is 47.8 Å². The van der Waals surface area contributed by atoms with Crippen molar-refractivity contribution < 1.29 is 13.9 Å². The highest BCUT2D eigenvalue weighted by atomic mass is 16.5. The number of oxazole rings is 1. The number of nitrogens with one attached hydrogen (secondary N) is 1. The lowest BCUT2D eigenvalue weighted by atomic mass is 9.91. The Morgan fingerprint density at radius 3 is 2.84 bits per heavy atom. The van der Waals surface area contributed by atoms with E-state index >= 15 is 0 Å². The first kappa shape index (κ1) is 20.8. The largest absolute Gasteiger partial charge is 0.490 e. The Bertz CT molecular complexity index is 1100. The third-order valence-electron chi connectivity index (χ3n) is 6.27. The molecule has 2 aromatic heterocycles. The summed E-state index contributed by atoms with van der Waals surface area (Å²) in [6.45, 7) is 9.82. The van der Waals surface area contributed by atoms with Crippen LogP contribution in [0.15, 0.2) is 46.6 Å². The van der Waals surface area contributed by atoms with E-state index in [0.717, 1.165) is 55.1 Å². The number of nitrogens with zero attached hydrogens (tertiary/aromatic N) is 3. The summed E-state index contributed by atoms with van der Waals surface area (Å²) in [6, 6.07) is 8.90. The number of hydrogen-bond donors (Lipinski definition) is 1. The second-order valence-electron chi connectivity index (χ2n) is 8.95. The Hall–Kier alpha value is -3.06. The number of hydrogen-bond acceptors (Lipinski definition) is 7. The topological polar surface area (TPSA) is 72.7 Å². The molecule has 0 atom stereocenters. The van der Waals surface area contributed by atoms with Crippen LogP contribution in [0.25, 0.3) is 17.2 Å². The second-order valence-corrected chi connectivity index (χ2v) is 8.95. The van der Waals surface area contributed by atoms with Gasteiger partial charge in [0, 0.05) is 37.4 Å². The highest BCUT2D eigenvalue weighted by Gasteiger charge is 2.33. The Balaban J connectivity index is 1.23. The number of aromatic nitrogens is 2. The van der Waals surface area contributed by atoms with E-state index in [0.29, 0.717) is 24.2 Å². The van der Waals surface area contributed by atoms with E-state index in [1.165, 1.54) is 5.57 Å². The minimum Gasteiger partial charge on any atom is -0.490 e. The number of likely N-dealkylation sites (tertiary alicyclic amines) is 1. The van der Waals surface area contributed by atoms with Gasteiger partial charge in [0.25, 0.3) is 6.01 Å². The van der Waals surface area contributed by atoms with Crippen LogP contribution in [0.3, 0.4) is 0 Å². The number of ether oxygens (including phenoxy) is 2. The van der Waals surface area contributed by atoms with Crippen LogP contribution in [-0.4, -0.2) is 52.8 Å². The number of para-hydroxylation sites is 1. The molecule has 2 aliphatic heterocycles. The smallest absolute Gasteiger partial charge is 0.295 e. The summed E-state index contributed by atoms with van der Waals surface area (Å²) in [5, 5.41) is 3.46. The van der Waals surface area contributed by atoms with Crippen LogP contribution in [0.4, 0.5) is 6.01 Å². The van der Waals surface area contributed by atoms with Gasteiger partial charge in [0.2, 0.25) is 0 Å². The standard InChI is InChI=1S/C25H30N4O3/c1-4-30-21-7-5-6-17-14-18(25(2,3)32-23(17)21)16-29-12-9-19(10-13-29)27-24-28-20-8-11-26-15-22(20)31-24/h5-8,11,14-15,19H,4,9-10,12-13,16H2,1-3H3,(H,27,28). The minimum atomic E-state index is -0.373. The van der Waals surface area contributed by atoms with Crippen LogP contribution in [-0.2, 0) is 0 Å². The first-order valence-electron chi connectivity index (χ1n) is 11.4. The van der Waals surface area contributed by atoms with Crippen LogP contribution in [0.2, 0.25) is 0 Å². The van der Waals surface area contributed by atoms with Gasteiger partial charge in [-0.2, -0.15) is 4.98 Å². The van der Waals surface area contributed by atoms with Gasteiger partial charge in [0.05, 0.1) is 12.8 Å². The summed E-state index contributed by atoms with van der Waals surface area (Å²) in [4.78, 5) is 11.1. The Morgan fingerprint density at radius 1 is 1.22 bits per heavy atom. The van der Waals surface area contributed by atoms with Crippen LogP contribution in [0.1, 0.15) is 39.2 Å². The van der Waals surface area contributed by atoms with Crippen molar-refractivity contribution >= 4 is 23.2 Å². The van der Waals surface area contributed by atoms with E-state index in [-0.39, 0.29) is 5.60 Å². The summed E-state index contributed by atoms with van der Waals surface area (Å²) in [5.41, 5.74) is 3.55. The molecule has 1 fully saturated rings. The third kappa shape index (κ3) is 4.17. The summed E-state index contributed by atoms with van der Waals surface area (Å²) in [7, 11) is 0. The van der Waals surface area contributed by atoms with E-state index in [1.807, 2.05) is 25.1 Å². The Morgan fingerprint density at radius 2 is 2.06 bits per heavy atom. The summed E-state index contributed by atoms with van der Waals surface area (Å²) in [6.07, 6.45) is 7.78. The van der Waals surface area contributed by atoms with E-state index < -0.39 is 0 Å². The Kier molecular flexibility index (Phi) is 5.51. The number of pyridine rings is 1. The average molecular weight is 435 g/mol. The predicted molar refractivity (Wildman–Crippen MR) is 125 cm³/mol. The maximum absolute atomic E-state index is 6.43. The van der Waals surface area contributed by atoms with Gasteiger partial charge in [0.1, 0.15) is 11.1 Å². The van der Waals surface area contributed by atoms with Crippen molar-refractivity contribution in [3.8, 4) is 11.5 Å². The van der Waals surface area contributed by atoms with Gasteiger partial charge in [-0.3, -0.25) is 9.88 Å². The summed E-state index contributed by atoms with van der Waals surface area (Å²) >= 11 is 0. The molecule has 7 nitrogen and oxygen atoms in total. The zero-order valence-electron chi connectivity index (χ0n) is 18.9. The number of fused-ring (bicyclic) bond motifs is 2. The van der Waals surface area contributed by atoms with Gasteiger partial charge in [0.15, 0.2) is 17.1 Å². The van der Waals surface area contributed by atoms with Crippen LogP contribution < -0.4 is 14.8 Å². The predicted octanol–water partition coefficient (Wildman–Crippen LogP) is 4.75. The monoisotopic (exact) mass is 434 g/mol. The lowest BCUT2D eigenvalue weighted by molar-refractivity contribution is 0.121. The van der Waals surface area contributed by atoms with Crippen LogP contribution in [0.5, 0.6) is 11.5 Å². The quantitative estimate of drug-likeness (QED) is 0.600. The molecule has 1 saturated heterocycles. The molecule has 0 amide bonds. The van der Waals surface area contributed by atoms with Gasteiger partial charge in [-0.1, -0.05) is 12.1 Å². The van der Waals surface area contributed by atoms with Gasteiger partial charge in [-0.05, 0) is 57.4 Å². The number of piperidine rings is 1. The molecule has 0 radical (unpaired) electrons.